The molecule has 0 unspecified atom stereocenters. The van der Waals surface area contributed by atoms with Crippen LogP contribution in [0, 0.1) is 0 Å². The monoisotopic (exact) mass is 296 g/mol. The summed E-state index contributed by atoms with van der Waals surface area (Å²) in [6.07, 6.45) is 2.93. The summed E-state index contributed by atoms with van der Waals surface area (Å²) in [4.78, 5) is 12.1. The van der Waals surface area contributed by atoms with Gasteiger partial charge in [-0.05, 0) is 42.7 Å². The topological polar surface area (TPSA) is 35.5 Å². The molecule has 0 heterocycles. The first-order valence-corrected chi connectivity index (χ1v) is 7.24. The Morgan fingerprint density at radius 2 is 1.82 bits per heavy atom. The Morgan fingerprint density at radius 3 is 2.41 bits per heavy atom. The number of ether oxygens (including phenoxy) is 2. The number of carbonyl (C=O) groups is 1. The summed E-state index contributed by atoms with van der Waals surface area (Å²) in [5.74, 6) is 0.363. The number of benzene rings is 2. The van der Waals surface area contributed by atoms with Crippen LogP contribution in [-0.2, 0) is 11.2 Å². The molecule has 0 bridgehead atoms. The number of esters is 1. The molecule has 0 aliphatic heterocycles. The quantitative estimate of drug-likeness (QED) is 0.571. The molecule has 3 nitrogen and oxygen atoms in total. The van der Waals surface area contributed by atoms with Crippen molar-refractivity contribution in [3.05, 3.63) is 78.4 Å². The van der Waals surface area contributed by atoms with E-state index in [1.807, 2.05) is 18.2 Å². The molecular weight excluding hydrogens is 276 g/mol. The van der Waals surface area contributed by atoms with Crippen LogP contribution in [0.3, 0.4) is 0 Å². The number of hydrogen-bond donors (Lipinski definition) is 0. The van der Waals surface area contributed by atoms with Crippen molar-refractivity contribution in [3.63, 3.8) is 0 Å². The summed E-state index contributed by atoms with van der Waals surface area (Å²) < 4.78 is 10.6. The summed E-state index contributed by atoms with van der Waals surface area (Å²) in [5, 5.41) is 0. The third-order valence-electron chi connectivity index (χ3n) is 3.41. The zero-order chi connectivity index (χ0) is 15.8. The van der Waals surface area contributed by atoms with Gasteiger partial charge in [0.1, 0.15) is 11.9 Å². The Hall–Kier alpha value is -2.55. The predicted octanol–water partition coefficient (Wildman–Crippen LogP) is 4.04. The molecule has 0 N–H and O–H groups in total. The average molecular weight is 296 g/mol. The first kappa shape index (κ1) is 15.8. The van der Waals surface area contributed by atoms with Crippen LogP contribution in [0.15, 0.2) is 67.3 Å². The zero-order valence-electron chi connectivity index (χ0n) is 12.7. The van der Waals surface area contributed by atoms with Gasteiger partial charge in [-0.15, -0.1) is 0 Å². The van der Waals surface area contributed by atoms with Crippen LogP contribution in [0.2, 0.25) is 0 Å². The van der Waals surface area contributed by atoms with Crippen molar-refractivity contribution in [3.8, 4) is 5.75 Å². The molecule has 0 saturated heterocycles. The van der Waals surface area contributed by atoms with E-state index < -0.39 is 0 Å². The van der Waals surface area contributed by atoms with Gasteiger partial charge in [-0.2, -0.15) is 0 Å². The minimum atomic E-state index is -0.347. The molecule has 2 aromatic carbocycles. The van der Waals surface area contributed by atoms with Crippen molar-refractivity contribution in [1.29, 1.82) is 0 Å². The Balaban J connectivity index is 1.91. The van der Waals surface area contributed by atoms with Crippen molar-refractivity contribution in [2.75, 3.05) is 7.11 Å². The highest BCUT2D eigenvalue weighted by Gasteiger charge is 2.13. The van der Waals surface area contributed by atoms with Crippen molar-refractivity contribution in [2.24, 2.45) is 0 Å². The van der Waals surface area contributed by atoms with E-state index in [4.69, 9.17) is 9.47 Å². The van der Waals surface area contributed by atoms with E-state index in [-0.39, 0.29) is 12.1 Å². The maximum Gasteiger partial charge on any atom is 0.338 e. The maximum atomic E-state index is 12.1. The molecule has 3 heteroatoms. The van der Waals surface area contributed by atoms with Crippen LogP contribution in [0.25, 0.3) is 0 Å². The van der Waals surface area contributed by atoms with Crippen LogP contribution in [-0.4, -0.2) is 19.2 Å². The molecule has 1 atom stereocenters. The van der Waals surface area contributed by atoms with Crippen molar-refractivity contribution in [1.82, 2.24) is 0 Å². The van der Waals surface area contributed by atoms with E-state index >= 15 is 0 Å². The Morgan fingerprint density at radius 1 is 1.14 bits per heavy atom. The van der Waals surface area contributed by atoms with Gasteiger partial charge in [0.15, 0.2) is 0 Å². The van der Waals surface area contributed by atoms with Gasteiger partial charge < -0.3 is 9.47 Å². The van der Waals surface area contributed by atoms with E-state index in [0.29, 0.717) is 11.3 Å². The standard InChI is InChI=1S/C19H20O3/c1-3-17(12-9-15-7-5-4-6-8-15)22-19(20)16-10-13-18(21-2)14-11-16/h3-8,10-11,13-14,17H,1,9,12H2,2H3/t17-/m0/s1. The second-order valence-corrected chi connectivity index (χ2v) is 4.93. The minimum absolute atomic E-state index is 0.296. The van der Waals surface area contributed by atoms with E-state index in [9.17, 15) is 4.79 Å². The highest BCUT2D eigenvalue weighted by Crippen LogP contribution is 2.14. The number of hydrogen-bond acceptors (Lipinski definition) is 3. The summed E-state index contributed by atoms with van der Waals surface area (Å²) in [5.41, 5.74) is 1.72. The van der Waals surface area contributed by atoms with Gasteiger partial charge in [-0.25, -0.2) is 4.79 Å². The Bertz CT molecular complexity index is 602. The SMILES string of the molecule is C=C[C@@H](CCc1ccccc1)OC(=O)c1ccc(OC)cc1. The first-order valence-electron chi connectivity index (χ1n) is 7.24. The lowest BCUT2D eigenvalue weighted by Crippen LogP contribution is -2.16. The van der Waals surface area contributed by atoms with Crippen LogP contribution in [0.4, 0.5) is 0 Å². The maximum absolute atomic E-state index is 12.1. The number of methoxy groups -OCH3 is 1. The second-order valence-electron chi connectivity index (χ2n) is 4.93. The fraction of sp³-hybridized carbons (Fsp3) is 0.211. The molecule has 0 amide bonds. The third-order valence-corrected chi connectivity index (χ3v) is 3.41. The van der Waals surface area contributed by atoms with E-state index in [1.165, 1.54) is 5.56 Å². The van der Waals surface area contributed by atoms with Crippen molar-refractivity contribution >= 4 is 5.97 Å². The normalized spacial score (nSPS) is 11.5. The highest BCUT2D eigenvalue weighted by molar-refractivity contribution is 5.89. The lowest BCUT2D eigenvalue weighted by Gasteiger charge is -2.14. The molecule has 0 aliphatic carbocycles. The van der Waals surface area contributed by atoms with Gasteiger partial charge in [0.25, 0.3) is 0 Å². The molecule has 22 heavy (non-hydrogen) atoms. The minimum Gasteiger partial charge on any atom is -0.497 e. The number of rotatable bonds is 7. The lowest BCUT2D eigenvalue weighted by molar-refractivity contribution is 0.0381. The predicted molar refractivity (Wildman–Crippen MR) is 87.2 cm³/mol. The number of carbonyl (C=O) groups excluding carboxylic acids is 1. The van der Waals surface area contributed by atoms with Crippen LogP contribution in [0.5, 0.6) is 5.75 Å². The smallest absolute Gasteiger partial charge is 0.338 e. The van der Waals surface area contributed by atoms with Gasteiger partial charge in [0.2, 0.25) is 0 Å². The summed E-state index contributed by atoms with van der Waals surface area (Å²) in [6, 6.07) is 17.0. The van der Waals surface area contributed by atoms with E-state index in [2.05, 4.69) is 18.7 Å². The fourth-order valence-electron chi connectivity index (χ4n) is 2.11. The van der Waals surface area contributed by atoms with Gasteiger partial charge in [-0.1, -0.05) is 43.0 Å². The molecule has 2 rings (SSSR count). The van der Waals surface area contributed by atoms with Crippen LogP contribution >= 0.6 is 0 Å². The summed E-state index contributed by atoms with van der Waals surface area (Å²) in [6.45, 7) is 3.75. The molecule has 0 aliphatic rings. The highest BCUT2D eigenvalue weighted by atomic mass is 16.5. The summed E-state index contributed by atoms with van der Waals surface area (Å²) >= 11 is 0. The third kappa shape index (κ3) is 4.48. The molecule has 0 aromatic heterocycles. The Labute approximate surface area is 131 Å². The van der Waals surface area contributed by atoms with E-state index in [1.54, 1.807) is 37.5 Å². The first-order chi connectivity index (χ1) is 10.7. The number of aryl methyl sites for hydroxylation is 1. The molecule has 2 aromatic rings. The van der Waals surface area contributed by atoms with E-state index in [0.717, 1.165) is 12.8 Å². The fourth-order valence-corrected chi connectivity index (χ4v) is 2.11. The lowest BCUT2D eigenvalue weighted by atomic mass is 10.1. The molecule has 114 valence electrons. The van der Waals surface area contributed by atoms with Crippen molar-refractivity contribution < 1.29 is 14.3 Å². The van der Waals surface area contributed by atoms with Crippen molar-refractivity contribution in [2.45, 2.75) is 18.9 Å². The molecule has 0 spiro atoms. The second kappa shape index (κ2) is 8.03. The molecule has 0 fully saturated rings. The summed E-state index contributed by atoms with van der Waals surface area (Å²) in [7, 11) is 1.59. The average Bonchev–Trinajstić information content (AvgIpc) is 2.59. The molecule has 0 saturated carbocycles. The van der Waals surface area contributed by atoms with Crippen LogP contribution in [0.1, 0.15) is 22.3 Å². The largest absolute Gasteiger partial charge is 0.497 e. The molecule has 0 radical (unpaired) electrons. The molecular formula is C19H20O3. The Kier molecular flexibility index (Phi) is 5.78. The zero-order valence-corrected chi connectivity index (χ0v) is 12.7. The van der Waals surface area contributed by atoms with Crippen LogP contribution < -0.4 is 4.74 Å². The van der Waals surface area contributed by atoms with Gasteiger partial charge in [0.05, 0.1) is 12.7 Å². The van der Waals surface area contributed by atoms with Gasteiger partial charge in [-0.3, -0.25) is 0 Å². The van der Waals surface area contributed by atoms with Gasteiger partial charge in [0, 0.05) is 0 Å². The van der Waals surface area contributed by atoms with Gasteiger partial charge >= 0.3 is 5.97 Å².